The normalized spacial score (nSPS) is 15.6. The molecule has 0 aliphatic carbocycles. The quantitative estimate of drug-likeness (QED) is 0.304. The summed E-state index contributed by atoms with van der Waals surface area (Å²) in [4.78, 5) is 37.6. The molecule has 5 rings (SSSR count). The predicted octanol–water partition coefficient (Wildman–Crippen LogP) is 6.32. The van der Waals surface area contributed by atoms with E-state index < -0.39 is 17.3 Å². The fourth-order valence-electron chi connectivity index (χ4n) is 5.03. The summed E-state index contributed by atoms with van der Waals surface area (Å²) in [6.07, 6.45) is 0. The predicted molar refractivity (Wildman–Crippen MR) is 149 cm³/mol. The van der Waals surface area contributed by atoms with Crippen molar-refractivity contribution in [1.82, 2.24) is 14.9 Å². The molecule has 1 N–H and O–H groups in total. The number of oxazole rings is 1. The number of halogens is 2. The molecule has 3 aromatic heterocycles. The van der Waals surface area contributed by atoms with Gasteiger partial charge < -0.3 is 23.7 Å². The van der Waals surface area contributed by atoms with Crippen LogP contribution < -0.4 is 4.90 Å². The second-order valence-electron chi connectivity index (χ2n) is 11.7. The Balaban J connectivity index is 1.48. The van der Waals surface area contributed by atoms with Crippen LogP contribution >= 0.6 is 11.6 Å². The highest BCUT2D eigenvalue weighted by atomic mass is 35.5. The van der Waals surface area contributed by atoms with Crippen LogP contribution in [0.1, 0.15) is 67.0 Å². The zero-order valence-electron chi connectivity index (χ0n) is 23.1. The summed E-state index contributed by atoms with van der Waals surface area (Å²) in [5.74, 6) is -1.62. The topological polar surface area (TPSA) is 113 Å². The lowest BCUT2D eigenvalue weighted by molar-refractivity contribution is 0.0478. The molecule has 0 atom stereocenters. The number of aromatic carboxylic acids is 1. The van der Waals surface area contributed by atoms with Crippen molar-refractivity contribution in [3.8, 4) is 11.3 Å². The average molecular weight is 569 g/mol. The number of aryl methyl sites for hydroxylation is 1. The Morgan fingerprint density at radius 2 is 1.82 bits per heavy atom. The molecular weight excluding hydrogens is 539 g/mol. The number of carbonyl (C=O) groups excluding carboxylic acids is 1. The first-order chi connectivity index (χ1) is 18.7. The summed E-state index contributed by atoms with van der Waals surface area (Å²) in [5.41, 5.74) is 1.79. The molecule has 11 heteroatoms. The molecule has 40 heavy (non-hydrogen) atoms. The summed E-state index contributed by atoms with van der Waals surface area (Å²) in [5, 5.41) is 9.35. The maximum atomic E-state index is 14.2. The van der Waals surface area contributed by atoms with Crippen LogP contribution in [0.5, 0.6) is 0 Å². The number of carboxylic acid groups (broad SMARTS) is 1. The minimum Gasteiger partial charge on any atom is -0.476 e. The molecule has 0 saturated carbocycles. The second kappa shape index (κ2) is 9.62. The molecule has 1 aliphatic rings. The van der Waals surface area contributed by atoms with E-state index in [2.05, 4.69) is 4.98 Å². The van der Waals surface area contributed by atoms with Gasteiger partial charge in [0.15, 0.2) is 17.0 Å². The largest absolute Gasteiger partial charge is 0.476 e. The molecule has 0 spiro atoms. The van der Waals surface area contributed by atoms with Gasteiger partial charge in [-0.2, -0.15) is 4.98 Å². The van der Waals surface area contributed by atoms with E-state index in [4.69, 9.17) is 25.4 Å². The van der Waals surface area contributed by atoms with Crippen molar-refractivity contribution in [3.63, 3.8) is 0 Å². The smallest absolute Gasteiger partial charge is 0.358 e. The van der Waals surface area contributed by atoms with E-state index in [0.29, 0.717) is 42.0 Å². The zero-order chi connectivity index (χ0) is 29.1. The van der Waals surface area contributed by atoms with E-state index in [9.17, 15) is 19.1 Å². The number of furan rings is 1. The third-order valence-corrected chi connectivity index (χ3v) is 7.43. The number of amides is 1. The van der Waals surface area contributed by atoms with Crippen LogP contribution in [0, 0.1) is 12.7 Å². The highest BCUT2D eigenvalue weighted by molar-refractivity contribution is 6.30. The minimum absolute atomic E-state index is 0.0278. The van der Waals surface area contributed by atoms with E-state index in [1.165, 1.54) is 12.1 Å². The lowest BCUT2D eigenvalue weighted by Crippen LogP contribution is -2.61. The van der Waals surface area contributed by atoms with Gasteiger partial charge in [0.05, 0.1) is 16.3 Å². The van der Waals surface area contributed by atoms with Crippen LogP contribution in [0.4, 0.5) is 10.4 Å². The summed E-state index contributed by atoms with van der Waals surface area (Å²) >= 11 is 5.88. The zero-order valence-corrected chi connectivity index (χ0v) is 23.9. The molecule has 1 aliphatic heterocycles. The number of carbonyl (C=O) groups is 2. The van der Waals surface area contributed by atoms with Crippen LogP contribution in [0.25, 0.3) is 22.4 Å². The lowest BCUT2D eigenvalue weighted by atomic mass is 9.86. The summed E-state index contributed by atoms with van der Waals surface area (Å²) in [7, 11) is 0. The summed E-state index contributed by atoms with van der Waals surface area (Å²) in [6.45, 7) is 12.6. The van der Waals surface area contributed by atoms with Crippen molar-refractivity contribution in [1.29, 1.82) is 0 Å². The Morgan fingerprint density at radius 1 is 1.10 bits per heavy atom. The minimum atomic E-state index is -1.15. The molecule has 4 heterocycles. The number of hydrogen-bond acceptors (Lipinski definition) is 7. The molecule has 0 radical (unpaired) electrons. The monoisotopic (exact) mass is 568 g/mol. The number of carboxylic acids is 1. The molecule has 9 nitrogen and oxygen atoms in total. The van der Waals surface area contributed by atoms with Crippen LogP contribution in [-0.2, 0) is 5.41 Å². The number of aromatic nitrogens is 2. The summed E-state index contributed by atoms with van der Waals surface area (Å²) < 4.78 is 26.0. The number of pyridine rings is 1. The first-order valence-corrected chi connectivity index (χ1v) is 13.2. The highest BCUT2D eigenvalue weighted by Crippen LogP contribution is 2.36. The van der Waals surface area contributed by atoms with Crippen molar-refractivity contribution in [2.45, 2.75) is 52.5 Å². The van der Waals surface area contributed by atoms with Gasteiger partial charge in [-0.3, -0.25) is 4.79 Å². The van der Waals surface area contributed by atoms with Gasteiger partial charge in [0.25, 0.3) is 11.9 Å². The Labute approximate surface area is 235 Å². The van der Waals surface area contributed by atoms with Gasteiger partial charge in [-0.25, -0.2) is 14.2 Å². The number of fused-ring (bicyclic) bond motifs is 1. The van der Waals surface area contributed by atoms with Crippen molar-refractivity contribution < 1.29 is 27.9 Å². The Kier molecular flexibility index (Phi) is 6.65. The van der Waals surface area contributed by atoms with E-state index in [-0.39, 0.29) is 39.6 Å². The standard InChI is InChI=1S/C29H30ClFN4O5/c1-15-23(26(37)38)33-27(39-15)34-9-10-35(29(5,6)14-34)25(36)22-13-21-24(40-22)17(28(2,3)4)12-20(32-21)16-7-8-18(30)19(31)11-16/h7-8,11-13H,9-10,14H2,1-6H3,(H,37,38). The van der Waals surface area contributed by atoms with Crippen molar-refractivity contribution >= 4 is 40.6 Å². The molecule has 0 unspecified atom stereocenters. The highest BCUT2D eigenvalue weighted by Gasteiger charge is 2.40. The van der Waals surface area contributed by atoms with Gasteiger partial charge in [-0.1, -0.05) is 38.4 Å². The van der Waals surface area contributed by atoms with Crippen molar-refractivity contribution in [2.24, 2.45) is 0 Å². The van der Waals surface area contributed by atoms with Crippen molar-refractivity contribution in [3.05, 3.63) is 63.9 Å². The SMILES string of the molecule is Cc1oc(N2CCN(C(=O)c3cc4nc(-c5ccc(Cl)c(F)c5)cc(C(C)(C)C)c4o3)C(C)(C)C2)nc1C(=O)O. The van der Waals surface area contributed by atoms with Gasteiger partial charge in [-0.15, -0.1) is 0 Å². The van der Waals surface area contributed by atoms with Gasteiger partial charge in [0.2, 0.25) is 0 Å². The molecule has 1 amide bonds. The third kappa shape index (κ3) is 4.92. The Morgan fingerprint density at radius 3 is 2.42 bits per heavy atom. The number of rotatable bonds is 4. The number of nitrogens with zero attached hydrogens (tertiary/aromatic N) is 4. The van der Waals surface area contributed by atoms with E-state index in [1.54, 1.807) is 24.0 Å². The fraction of sp³-hybridized carbons (Fsp3) is 0.379. The Bertz CT molecular complexity index is 1650. The molecule has 0 bridgehead atoms. The van der Waals surface area contributed by atoms with E-state index in [0.717, 1.165) is 5.56 Å². The van der Waals surface area contributed by atoms with Gasteiger partial charge in [-0.05, 0) is 44.4 Å². The van der Waals surface area contributed by atoms with Gasteiger partial charge in [0.1, 0.15) is 17.1 Å². The van der Waals surface area contributed by atoms with E-state index in [1.807, 2.05) is 45.6 Å². The van der Waals surface area contributed by atoms with Crippen LogP contribution in [0.2, 0.25) is 5.02 Å². The van der Waals surface area contributed by atoms with Crippen molar-refractivity contribution in [2.75, 3.05) is 24.5 Å². The van der Waals surface area contributed by atoms with Crippen LogP contribution in [0.3, 0.4) is 0 Å². The van der Waals surface area contributed by atoms with Gasteiger partial charge in [0, 0.05) is 36.8 Å². The molecule has 1 saturated heterocycles. The van der Waals surface area contributed by atoms with E-state index >= 15 is 0 Å². The van der Waals surface area contributed by atoms with Crippen LogP contribution in [-0.4, -0.2) is 57.0 Å². The number of anilines is 1. The molecule has 210 valence electrons. The molecular formula is C29H30ClFN4O5. The molecule has 1 fully saturated rings. The average Bonchev–Trinajstić information content (AvgIpc) is 3.47. The molecule has 1 aromatic carbocycles. The lowest BCUT2D eigenvalue weighted by Gasteiger charge is -2.46. The maximum absolute atomic E-state index is 14.2. The van der Waals surface area contributed by atoms with Gasteiger partial charge >= 0.3 is 5.97 Å². The second-order valence-corrected chi connectivity index (χ2v) is 12.1. The number of piperazine rings is 1. The fourth-order valence-corrected chi connectivity index (χ4v) is 5.15. The Hall–Kier alpha value is -3.92. The first-order valence-electron chi connectivity index (χ1n) is 12.8. The first kappa shape index (κ1) is 27.6. The number of hydrogen-bond donors (Lipinski definition) is 1. The third-order valence-electron chi connectivity index (χ3n) is 7.12. The maximum Gasteiger partial charge on any atom is 0.358 e. The van der Waals surface area contributed by atoms with Crippen LogP contribution in [0.15, 0.2) is 39.2 Å². The molecule has 4 aromatic rings. The number of benzene rings is 1. The summed E-state index contributed by atoms with van der Waals surface area (Å²) in [6, 6.07) is 8.23.